The maximum Gasteiger partial charge on any atom is 0.353 e. The van der Waals surface area contributed by atoms with Gasteiger partial charge in [-0.25, -0.2) is 9.78 Å². The van der Waals surface area contributed by atoms with Crippen LogP contribution in [0.15, 0.2) is 6.20 Å². The van der Waals surface area contributed by atoms with Crippen LogP contribution in [0.4, 0.5) is 5.69 Å². The summed E-state index contributed by atoms with van der Waals surface area (Å²) in [6.45, 7) is 4.65. The van der Waals surface area contributed by atoms with Crippen LogP contribution in [0.1, 0.15) is 61.5 Å². The molecule has 0 amide bonds. The van der Waals surface area contributed by atoms with Crippen LogP contribution < -0.4 is 10.5 Å². The molecule has 3 N–H and O–H groups in total. The van der Waals surface area contributed by atoms with Gasteiger partial charge in [0.05, 0.1) is 22.2 Å². The number of carbonyl (C=O) groups is 3. The Morgan fingerprint density at radius 1 is 1.25 bits per heavy atom. The second-order valence-electron chi connectivity index (χ2n) is 7.15. The molecular formula is C20H25N3O5. The van der Waals surface area contributed by atoms with Gasteiger partial charge in [0.1, 0.15) is 0 Å². The summed E-state index contributed by atoms with van der Waals surface area (Å²) in [7, 11) is 0. The lowest BCUT2D eigenvalue weighted by molar-refractivity contribution is -0.149. The van der Waals surface area contributed by atoms with Crippen molar-refractivity contribution in [3.05, 3.63) is 17.5 Å². The summed E-state index contributed by atoms with van der Waals surface area (Å²) in [6.07, 6.45) is 6.06. The first kappa shape index (κ1) is 19.9. The first-order valence-electron chi connectivity index (χ1n) is 9.63. The molecule has 1 aliphatic rings. The first-order chi connectivity index (χ1) is 13.4. The van der Waals surface area contributed by atoms with Gasteiger partial charge < -0.3 is 20.1 Å². The minimum Gasteiger partial charge on any atom is -0.478 e. The summed E-state index contributed by atoms with van der Waals surface area (Å²) in [5.74, 6) is -3.59. The molecule has 2 bridgehead atoms. The second kappa shape index (κ2) is 8.00. The van der Waals surface area contributed by atoms with Crippen molar-refractivity contribution in [2.24, 2.45) is 0 Å². The van der Waals surface area contributed by atoms with E-state index in [1.807, 2.05) is 11.5 Å². The largest absolute Gasteiger partial charge is 0.478 e. The summed E-state index contributed by atoms with van der Waals surface area (Å²) >= 11 is 0. The standard InChI is InChI=1S/C20H25N3O5/c1-3-4-5-6-7-8-9-23-11(2)14(21)13-15(23)12-10-22-19(13)28-18(20(26)27)17(25)16(12)24/h10,18H,3-9,21H2,1-2H3,(H,26,27). The number of hydrogen-bond acceptors (Lipinski definition) is 6. The van der Waals surface area contributed by atoms with E-state index in [-0.39, 0.29) is 11.4 Å². The SMILES string of the molecule is CCCCCCCCn1c(C)c(N)c2c3ncc(c21)C(=O)C(=O)C(C(=O)O)O3. The molecule has 8 heteroatoms. The second-order valence-corrected chi connectivity index (χ2v) is 7.15. The average molecular weight is 387 g/mol. The highest BCUT2D eigenvalue weighted by atomic mass is 16.5. The van der Waals surface area contributed by atoms with Crippen molar-refractivity contribution < 1.29 is 24.2 Å². The van der Waals surface area contributed by atoms with Gasteiger partial charge in [-0.2, -0.15) is 0 Å². The predicted molar refractivity (Wildman–Crippen MR) is 104 cm³/mol. The van der Waals surface area contributed by atoms with E-state index in [2.05, 4.69) is 11.9 Å². The van der Waals surface area contributed by atoms with Gasteiger partial charge in [-0.1, -0.05) is 39.0 Å². The van der Waals surface area contributed by atoms with E-state index in [0.29, 0.717) is 23.1 Å². The number of Topliss-reactive ketones (excluding diaryl/α,β-unsaturated/α-hetero) is 2. The van der Waals surface area contributed by atoms with Gasteiger partial charge in [-0.15, -0.1) is 0 Å². The molecule has 8 nitrogen and oxygen atoms in total. The summed E-state index contributed by atoms with van der Waals surface area (Å²) in [5.41, 5.74) is 7.95. The zero-order valence-corrected chi connectivity index (χ0v) is 16.2. The van der Waals surface area contributed by atoms with E-state index in [1.54, 1.807) is 0 Å². The molecule has 0 spiro atoms. The molecule has 1 atom stereocenters. The van der Waals surface area contributed by atoms with Crippen molar-refractivity contribution in [1.29, 1.82) is 0 Å². The smallest absolute Gasteiger partial charge is 0.353 e. The van der Waals surface area contributed by atoms with Crippen LogP contribution in [0.3, 0.4) is 0 Å². The van der Waals surface area contributed by atoms with Crippen molar-refractivity contribution in [2.75, 3.05) is 5.73 Å². The van der Waals surface area contributed by atoms with Crippen molar-refractivity contribution in [2.45, 2.75) is 65.0 Å². The number of ether oxygens (including phenoxy) is 1. The third kappa shape index (κ3) is 3.34. The van der Waals surface area contributed by atoms with Crippen LogP contribution in [0.5, 0.6) is 5.88 Å². The minimum atomic E-state index is -1.91. The molecule has 0 fully saturated rings. The van der Waals surface area contributed by atoms with E-state index in [9.17, 15) is 19.5 Å². The van der Waals surface area contributed by atoms with E-state index < -0.39 is 23.6 Å². The lowest BCUT2D eigenvalue weighted by atomic mass is 10.0. The van der Waals surface area contributed by atoms with Crippen LogP contribution in [0, 0.1) is 6.92 Å². The van der Waals surface area contributed by atoms with E-state index in [4.69, 9.17) is 10.5 Å². The number of carboxylic acids is 1. The van der Waals surface area contributed by atoms with Crippen LogP contribution >= 0.6 is 0 Å². The number of nitrogen functional groups attached to an aromatic ring is 1. The number of carbonyl (C=O) groups excluding carboxylic acids is 2. The Bertz CT molecular complexity index is 947. The molecule has 1 unspecified atom stereocenters. The summed E-state index contributed by atoms with van der Waals surface area (Å²) < 4.78 is 7.23. The molecule has 0 aromatic carbocycles. The molecule has 3 heterocycles. The third-order valence-electron chi connectivity index (χ3n) is 5.25. The van der Waals surface area contributed by atoms with Crippen molar-refractivity contribution in [3.8, 4) is 5.88 Å². The molecule has 150 valence electrons. The van der Waals surface area contributed by atoms with Crippen LogP contribution in [0.25, 0.3) is 10.9 Å². The number of pyridine rings is 1. The Morgan fingerprint density at radius 3 is 2.61 bits per heavy atom. The topological polar surface area (TPSA) is 125 Å². The van der Waals surface area contributed by atoms with E-state index >= 15 is 0 Å². The van der Waals surface area contributed by atoms with Crippen molar-refractivity contribution in [1.82, 2.24) is 9.55 Å². The number of hydrogen-bond donors (Lipinski definition) is 2. The number of aryl methyl sites for hydroxylation is 1. The number of carboxylic acid groups (broad SMARTS) is 1. The van der Waals surface area contributed by atoms with Crippen LogP contribution in [0.2, 0.25) is 0 Å². The number of nitrogens with two attached hydrogens (primary N) is 1. The molecule has 0 saturated heterocycles. The fraction of sp³-hybridized carbons (Fsp3) is 0.500. The lowest BCUT2D eigenvalue weighted by Gasteiger charge is -2.19. The molecule has 0 aliphatic carbocycles. The molecular weight excluding hydrogens is 362 g/mol. The number of rotatable bonds is 8. The number of ketones is 2. The Balaban J connectivity index is 2.01. The minimum absolute atomic E-state index is 0.0331. The van der Waals surface area contributed by atoms with Gasteiger partial charge in [-0.3, -0.25) is 9.59 Å². The number of aromatic nitrogens is 2. The van der Waals surface area contributed by atoms with E-state index in [0.717, 1.165) is 25.0 Å². The normalized spacial score (nSPS) is 16.3. The summed E-state index contributed by atoms with van der Waals surface area (Å²) in [6, 6.07) is 0. The quantitative estimate of drug-likeness (QED) is 0.405. The van der Waals surface area contributed by atoms with Crippen LogP contribution in [-0.2, 0) is 16.1 Å². The molecule has 2 aromatic heterocycles. The molecule has 0 saturated carbocycles. The number of nitrogens with zero attached hydrogens (tertiary/aromatic N) is 2. The maximum absolute atomic E-state index is 12.7. The maximum atomic E-state index is 12.7. The third-order valence-corrected chi connectivity index (χ3v) is 5.25. The van der Waals surface area contributed by atoms with Gasteiger partial charge in [-0.05, 0) is 13.3 Å². The highest BCUT2D eigenvalue weighted by molar-refractivity contribution is 6.49. The van der Waals surface area contributed by atoms with Crippen molar-refractivity contribution >= 4 is 34.1 Å². The Labute approximate surface area is 162 Å². The highest BCUT2D eigenvalue weighted by Crippen LogP contribution is 2.38. The Morgan fingerprint density at radius 2 is 1.93 bits per heavy atom. The van der Waals surface area contributed by atoms with Gasteiger partial charge >= 0.3 is 5.97 Å². The number of anilines is 1. The lowest BCUT2D eigenvalue weighted by Crippen LogP contribution is -2.41. The summed E-state index contributed by atoms with van der Waals surface area (Å²) in [4.78, 5) is 40.4. The fourth-order valence-electron chi connectivity index (χ4n) is 3.67. The average Bonchev–Trinajstić information content (AvgIpc) is 2.91. The van der Waals surface area contributed by atoms with Gasteiger partial charge in [0, 0.05) is 18.4 Å². The highest BCUT2D eigenvalue weighted by Gasteiger charge is 2.39. The first-order valence-corrected chi connectivity index (χ1v) is 9.63. The summed E-state index contributed by atoms with van der Waals surface area (Å²) in [5, 5.41) is 9.64. The number of aliphatic carboxylic acids is 1. The number of unbranched alkanes of at least 4 members (excludes halogenated alkanes) is 5. The zero-order chi connectivity index (χ0) is 20.4. The Kier molecular flexibility index (Phi) is 5.67. The van der Waals surface area contributed by atoms with E-state index in [1.165, 1.54) is 25.5 Å². The fourth-order valence-corrected chi connectivity index (χ4v) is 3.67. The van der Waals surface area contributed by atoms with Crippen LogP contribution in [-0.4, -0.2) is 38.3 Å². The van der Waals surface area contributed by atoms with Gasteiger partial charge in [0.25, 0.3) is 11.9 Å². The molecule has 0 radical (unpaired) electrons. The predicted octanol–water partition coefficient (Wildman–Crippen LogP) is 2.88. The Hall–Kier alpha value is -2.90. The molecule has 2 aromatic rings. The monoisotopic (exact) mass is 387 g/mol. The molecule has 28 heavy (non-hydrogen) atoms. The molecule has 3 rings (SSSR count). The van der Waals surface area contributed by atoms with Gasteiger partial charge in [0.2, 0.25) is 11.7 Å². The number of fused-ring (bicyclic) bond motifs is 6. The van der Waals surface area contributed by atoms with Gasteiger partial charge in [0.15, 0.2) is 0 Å². The van der Waals surface area contributed by atoms with Crippen molar-refractivity contribution in [3.63, 3.8) is 0 Å². The zero-order valence-electron chi connectivity index (χ0n) is 16.2. The molecule has 1 aliphatic heterocycles.